The highest BCUT2D eigenvalue weighted by Gasteiger charge is 2.40. The number of nitrogens with one attached hydrogen (secondary N) is 2. The van der Waals surface area contributed by atoms with E-state index >= 15 is 0 Å². The number of fused-ring (bicyclic) bond motifs is 1. The Morgan fingerprint density at radius 3 is 2.54 bits per heavy atom. The third-order valence-electron chi connectivity index (χ3n) is 7.11. The minimum atomic E-state index is -2.51. The van der Waals surface area contributed by atoms with Gasteiger partial charge in [0.15, 0.2) is 0 Å². The van der Waals surface area contributed by atoms with Gasteiger partial charge in [0.25, 0.3) is 5.91 Å². The Hall–Kier alpha value is -2.69. The van der Waals surface area contributed by atoms with Gasteiger partial charge in [-0.1, -0.05) is 13.8 Å². The minimum absolute atomic E-state index is 0.0102. The third kappa shape index (κ3) is 5.44. The second-order valence-electron chi connectivity index (χ2n) is 9.60. The summed E-state index contributed by atoms with van der Waals surface area (Å²) >= 11 is 0. The lowest BCUT2D eigenvalue weighted by atomic mass is 9.80. The summed E-state index contributed by atoms with van der Waals surface area (Å²) in [5, 5.41) is 6.51. The van der Waals surface area contributed by atoms with Crippen molar-refractivity contribution in [3.8, 4) is 0 Å². The Morgan fingerprint density at radius 1 is 1.20 bits per heavy atom. The van der Waals surface area contributed by atoms with Crippen LogP contribution >= 0.6 is 10.6 Å². The van der Waals surface area contributed by atoms with Crippen LogP contribution in [0.4, 0.5) is 11.6 Å². The molecule has 2 aromatic rings. The van der Waals surface area contributed by atoms with E-state index in [-0.39, 0.29) is 35.9 Å². The lowest BCUT2D eigenvalue weighted by Gasteiger charge is -2.45. The summed E-state index contributed by atoms with van der Waals surface area (Å²) in [6.07, 6.45) is 3.58. The summed E-state index contributed by atoms with van der Waals surface area (Å²) < 4.78 is 19.7. The molecule has 1 aromatic heterocycles. The van der Waals surface area contributed by atoms with Gasteiger partial charge in [-0.25, -0.2) is 9.97 Å². The van der Waals surface area contributed by atoms with Crippen molar-refractivity contribution in [3.63, 3.8) is 0 Å². The molecule has 0 bridgehead atoms. The fourth-order valence-corrected chi connectivity index (χ4v) is 6.76. The van der Waals surface area contributed by atoms with Gasteiger partial charge in [-0.15, -0.1) is 0 Å². The van der Waals surface area contributed by atoms with Gasteiger partial charge >= 0.3 is 0 Å². The molecule has 3 atom stereocenters. The Balaban J connectivity index is 1.67. The largest absolute Gasteiger partial charge is 0.349 e. The molecule has 2 aliphatic heterocycles. The standard InChI is InChI=1S/C25H35N5O4S/c1-5-21-16(3)23(29-25-26-11-8-15(2)27-25)20-14-18(6-7-22(20)30(21)17(4)31)24(32)28-19-9-12-35(33,34)13-10-19/h6-8,11,14,16,19,21,23,33-34H,5,9-10,12-13H2,1-4H3,(H,28,32)(H,26,27,29)/t16-,21-,23+/m0/s1. The molecule has 4 rings (SSSR count). The van der Waals surface area contributed by atoms with Crippen LogP contribution in [-0.4, -0.2) is 54.5 Å². The van der Waals surface area contributed by atoms with Crippen LogP contribution in [0.5, 0.6) is 0 Å². The van der Waals surface area contributed by atoms with E-state index in [1.807, 2.05) is 30.0 Å². The second-order valence-corrected chi connectivity index (χ2v) is 12.0. The zero-order valence-corrected chi connectivity index (χ0v) is 21.5. The molecular formula is C25H35N5O4S. The smallest absolute Gasteiger partial charge is 0.251 e. The van der Waals surface area contributed by atoms with E-state index in [1.165, 1.54) is 0 Å². The number of aryl methyl sites for hydroxylation is 1. The molecule has 4 N–H and O–H groups in total. The molecule has 1 aromatic carbocycles. The van der Waals surface area contributed by atoms with Gasteiger partial charge in [0.2, 0.25) is 11.9 Å². The van der Waals surface area contributed by atoms with Gasteiger partial charge < -0.3 is 15.5 Å². The Bertz CT molecular complexity index is 1100. The lowest BCUT2D eigenvalue weighted by Crippen LogP contribution is -2.50. The summed E-state index contributed by atoms with van der Waals surface area (Å²) in [5.74, 6) is 0.940. The SMILES string of the molecule is CC[C@H]1[C@H](C)[C@@H](Nc2nccc(C)n2)c2cc(C(=O)NC3CCS(O)(O)CC3)ccc2N1C(C)=O. The number of hydrogen-bond acceptors (Lipinski definition) is 7. The molecule has 9 nitrogen and oxygen atoms in total. The van der Waals surface area contributed by atoms with Crippen LogP contribution in [0.2, 0.25) is 0 Å². The van der Waals surface area contributed by atoms with Crippen LogP contribution in [0, 0.1) is 12.8 Å². The molecule has 1 fully saturated rings. The summed E-state index contributed by atoms with van der Waals surface area (Å²) in [6, 6.07) is 7.00. The van der Waals surface area contributed by atoms with E-state index in [4.69, 9.17) is 0 Å². The van der Waals surface area contributed by atoms with Gasteiger partial charge in [-0.2, -0.15) is 10.6 Å². The molecule has 0 aliphatic carbocycles. The molecule has 190 valence electrons. The molecule has 35 heavy (non-hydrogen) atoms. The quantitative estimate of drug-likeness (QED) is 0.479. The van der Waals surface area contributed by atoms with Gasteiger partial charge in [-0.05, 0) is 56.0 Å². The molecule has 0 spiro atoms. The van der Waals surface area contributed by atoms with E-state index in [0.717, 1.165) is 23.4 Å². The topological polar surface area (TPSA) is 128 Å². The molecule has 0 saturated carbocycles. The van der Waals surface area contributed by atoms with Gasteiger partial charge in [0, 0.05) is 59.6 Å². The Morgan fingerprint density at radius 2 is 1.91 bits per heavy atom. The van der Waals surface area contributed by atoms with Crippen LogP contribution in [-0.2, 0) is 4.79 Å². The number of hydrogen-bond donors (Lipinski definition) is 4. The van der Waals surface area contributed by atoms with Crippen molar-refractivity contribution in [2.75, 3.05) is 21.7 Å². The van der Waals surface area contributed by atoms with Crippen molar-refractivity contribution in [2.24, 2.45) is 5.92 Å². The van der Waals surface area contributed by atoms with E-state index in [9.17, 15) is 18.7 Å². The van der Waals surface area contributed by atoms with Crippen LogP contribution in [0.15, 0.2) is 30.5 Å². The van der Waals surface area contributed by atoms with E-state index in [1.54, 1.807) is 19.2 Å². The fraction of sp³-hybridized carbons (Fsp3) is 0.520. The average molecular weight is 502 g/mol. The summed E-state index contributed by atoms with van der Waals surface area (Å²) in [7, 11) is -2.51. The predicted molar refractivity (Wildman–Crippen MR) is 139 cm³/mol. The number of benzene rings is 1. The van der Waals surface area contributed by atoms with Crippen LogP contribution in [0.1, 0.15) is 67.7 Å². The first kappa shape index (κ1) is 25.4. The Labute approximate surface area is 208 Å². The maximum atomic E-state index is 13.1. The summed E-state index contributed by atoms with van der Waals surface area (Å²) in [4.78, 5) is 36.5. The van der Waals surface area contributed by atoms with E-state index in [0.29, 0.717) is 35.9 Å². The monoisotopic (exact) mass is 501 g/mol. The fourth-order valence-electron chi connectivity index (χ4n) is 5.23. The molecule has 3 heterocycles. The van der Waals surface area contributed by atoms with Crippen molar-refractivity contribution in [1.82, 2.24) is 15.3 Å². The number of amides is 2. The number of aromatic nitrogens is 2. The molecule has 10 heteroatoms. The first-order valence-electron chi connectivity index (χ1n) is 12.1. The zero-order chi connectivity index (χ0) is 25.3. The molecule has 0 unspecified atom stereocenters. The van der Waals surface area contributed by atoms with Crippen molar-refractivity contribution in [2.45, 2.75) is 65.1 Å². The van der Waals surface area contributed by atoms with Gasteiger partial charge in [0.1, 0.15) is 0 Å². The molecule has 2 aliphatic rings. The zero-order valence-electron chi connectivity index (χ0n) is 20.7. The second kappa shape index (κ2) is 10.1. The maximum Gasteiger partial charge on any atom is 0.251 e. The van der Waals surface area contributed by atoms with Gasteiger partial charge in [0.05, 0.1) is 6.04 Å². The molecule has 2 amide bonds. The van der Waals surface area contributed by atoms with Crippen molar-refractivity contribution in [3.05, 3.63) is 47.3 Å². The van der Waals surface area contributed by atoms with Crippen LogP contribution < -0.4 is 15.5 Å². The van der Waals surface area contributed by atoms with Crippen molar-refractivity contribution >= 4 is 34.0 Å². The van der Waals surface area contributed by atoms with Crippen LogP contribution in [0.3, 0.4) is 0 Å². The lowest BCUT2D eigenvalue weighted by molar-refractivity contribution is -0.117. The number of carbonyl (C=O) groups excluding carboxylic acids is 2. The highest BCUT2D eigenvalue weighted by Crippen LogP contribution is 2.45. The average Bonchev–Trinajstić information content (AvgIpc) is 2.81. The molecule has 1 saturated heterocycles. The maximum absolute atomic E-state index is 13.1. The third-order valence-corrected chi connectivity index (χ3v) is 8.89. The highest BCUT2D eigenvalue weighted by atomic mass is 32.3. The summed E-state index contributed by atoms with van der Waals surface area (Å²) in [6.45, 7) is 7.66. The molecular weight excluding hydrogens is 466 g/mol. The minimum Gasteiger partial charge on any atom is -0.349 e. The Kier molecular flexibility index (Phi) is 7.35. The number of carbonyl (C=O) groups is 2. The first-order chi connectivity index (χ1) is 16.6. The van der Waals surface area contributed by atoms with Gasteiger partial charge in [-0.3, -0.25) is 18.7 Å². The summed E-state index contributed by atoms with van der Waals surface area (Å²) in [5.41, 5.74) is 2.99. The van der Waals surface area contributed by atoms with Crippen molar-refractivity contribution < 1.29 is 18.7 Å². The first-order valence-corrected chi connectivity index (χ1v) is 14.0. The number of rotatable bonds is 5. The number of nitrogens with zero attached hydrogens (tertiary/aromatic N) is 3. The molecule has 0 radical (unpaired) electrons. The van der Waals surface area contributed by atoms with Crippen LogP contribution in [0.25, 0.3) is 0 Å². The predicted octanol–water partition coefficient (Wildman–Crippen LogP) is 4.36. The number of anilines is 2. The van der Waals surface area contributed by atoms with Crippen molar-refractivity contribution in [1.29, 1.82) is 0 Å². The van der Waals surface area contributed by atoms with E-state index in [2.05, 4.69) is 34.4 Å². The van der Waals surface area contributed by atoms with E-state index < -0.39 is 10.6 Å². The normalized spacial score (nSPS) is 24.9. The highest BCUT2D eigenvalue weighted by molar-refractivity contribution is 8.24.